The van der Waals surface area contributed by atoms with Crippen molar-refractivity contribution in [2.45, 2.75) is 32.4 Å². The van der Waals surface area contributed by atoms with Gasteiger partial charge in [-0.2, -0.15) is 5.10 Å². The molecule has 0 aliphatic rings. The first kappa shape index (κ1) is 21.2. The lowest BCUT2D eigenvalue weighted by atomic mass is 10.0. The maximum absolute atomic E-state index is 6.03. The minimum Gasteiger partial charge on any atom is -0.360 e. The van der Waals surface area contributed by atoms with Crippen molar-refractivity contribution in [3.8, 4) is 11.1 Å². The van der Waals surface area contributed by atoms with E-state index in [4.69, 9.17) is 9.84 Å². The number of rotatable bonds is 8. The van der Waals surface area contributed by atoms with Gasteiger partial charge in [0.2, 0.25) is 0 Å². The van der Waals surface area contributed by atoms with E-state index in [-0.39, 0.29) is 0 Å². The summed E-state index contributed by atoms with van der Waals surface area (Å²) in [7, 11) is -1.12. The Balaban J connectivity index is 1.66. The van der Waals surface area contributed by atoms with E-state index in [1.807, 2.05) is 47.4 Å². The molecule has 4 aromatic rings. The molecule has 0 saturated carbocycles. The summed E-state index contributed by atoms with van der Waals surface area (Å²) in [6.45, 7) is 8.34. The summed E-state index contributed by atoms with van der Waals surface area (Å²) in [5, 5.41) is 6.00. The second-order valence-electron chi connectivity index (χ2n) is 8.94. The average molecular weight is 428 g/mol. The van der Waals surface area contributed by atoms with E-state index >= 15 is 0 Å². The van der Waals surface area contributed by atoms with Crippen LogP contribution < -0.4 is 0 Å². The Labute approximate surface area is 185 Å². The van der Waals surface area contributed by atoms with Crippen molar-refractivity contribution < 1.29 is 4.74 Å². The molecule has 4 rings (SSSR count). The molecule has 158 valence electrons. The Morgan fingerprint density at radius 2 is 1.68 bits per heavy atom. The summed E-state index contributed by atoms with van der Waals surface area (Å²) >= 11 is 0. The van der Waals surface area contributed by atoms with Crippen molar-refractivity contribution in [2.24, 2.45) is 0 Å². The number of ether oxygens (including phenoxy) is 1. The van der Waals surface area contributed by atoms with Crippen LogP contribution in [0, 0.1) is 0 Å². The van der Waals surface area contributed by atoms with Crippen LogP contribution in [0.1, 0.15) is 11.3 Å². The van der Waals surface area contributed by atoms with E-state index in [1.165, 1.54) is 0 Å². The Hall–Kier alpha value is -3.02. The summed E-state index contributed by atoms with van der Waals surface area (Å²) in [6, 6.07) is 22.0. The molecule has 0 bridgehead atoms. The third kappa shape index (κ3) is 5.57. The van der Waals surface area contributed by atoms with Crippen LogP contribution in [0.2, 0.25) is 25.7 Å². The molecular formula is C26H29N3OSi. The van der Waals surface area contributed by atoms with Crippen molar-refractivity contribution >= 4 is 31.1 Å². The van der Waals surface area contributed by atoms with Gasteiger partial charge in [-0.3, -0.25) is 4.98 Å². The highest BCUT2D eigenvalue weighted by molar-refractivity contribution is 6.76. The fraction of sp³-hybridized carbons (Fsp3) is 0.231. The van der Waals surface area contributed by atoms with Gasteiger partial charge >= 0.3 is 0 Å². The molecule has 0 unspecified atom stereocenters. The molecule has 0 aliphatic heterocycles. The van der Waals surface area contributed by atoms with E-state index in [0.29, 0.717) is 6.73 Å². The predicted molar refractivity (Wildman–Crippen MR) is 132 cm³/mol. The van der Waals surface area contributed by atoms with Gasteiger partial charge in [-0.15, -0.1) is 0 Å². The molecule has 2 aromatic heterocycles. The molecular weight excluding hydrogens is 398 g/mol. The average Bonchev–Trinajstić information content (AvgIpc) is 3.13. The Morgan fingerprint density at radius 1 is 0.903 bits per heavy atom. The predicted octanol–water partition coefficient (Wildman–Crippen LogP) is 6.58. The van der Waals surface area contributed by atoms with E-state index in [9.17, 15) is 0 Å². The maximum atomic E-state index is 6.03. The number of fused-ring (bicyclic) bond motifs is 1. The summed E-state index contributed by atoms with van der Waals surface area (Å²) in [4.78, 5) is 4.13. The van der Waals surface area contributed by atoms with Gasteiger partial charge in [0.05, 0.1) is 11.2 Å². The van der Waals surface area contributed by atoms with Gasteiger partial charge in [-0.05, 0) is 53.1 Å². The number of aromatic nitrogens is 3. The van der Waals surface area contributed by atoms with E-state index < -0.39 is 8.07 Å². The van der Waals surface area contributed by atoms with Crippen LogP contribution in [0.5, 0.6) is 0 Å². The smallest absolute Gasteiger partial charge is 0.140 e. The molecule has 4 nitrogen and oxygen atoms in total. The number of hydrogen-bond acceptors (Lipinski definition) is 3. The zero-order valence-electron chi connectivity index (χ0n) is 18.5. The van der Waals surface area contributed by atoms with Crippen molar-refractivity contribution in [3.63, 3.8) is 0 Å². The molecule has 0 atom stereocenters. The zero-order chi connectivity index (χ0) is 21.7. The number of nitrogens with zero attached hydrogens (tertiary/aromatic N) is 3. The van der Waals surface area contributed by atoms with Crippen LogP contribution in [0.4, 0.5) is 0 Å². The fourth-order valence-corrected chi connectivity index (χ4v) is 4.17. The van der Waals surface area contributed by atoms with Crippen LogP contribution in [0.3, 0.4) is 0 Å². The Morgan fingerprint density at radius 3 is 2.42 bits per heavy atom. The highest BCUT2D eigenvalue weighted by Crippen LogP contribution is 2.27. The van der Waals surface area contributed by atoms with Crippen LogP contribution >= 0.6 is 0 Å². The molecule has 5 heteroatoms. The standard InChI is InChI=1S/C26H29N3OSi/c1-31(2,3)18-17-30-20-29-26-19-23(22-13-15-27-16-14-22)10-11-24(26)25(28-29)12-9-21-7-5-4-6-8-21/h4-16,19H,17-18,20H2,1-3H3/b12-9+. The highest BCUT2D eigenvalue weighted by atomic mass is 28.3. The third-order valence-corrected chi connectivity index (χ3v) is 6.94. The number of benzene rings is 2. The van der Waals surface area contributed by atoms with E-state index in [2.05, 4.69) is 67.1 Å². The first-order valence-electron chi connectivity index (χ1n) is 10.7. The van der Waals surface area contributed by atoms with Crippen LogP contribution in [0.25, 0.3) is 34.2 Å². The van der Waals surface area contributed by atoms with E-state index in [1.54, 1.807) is 0 Å². The number of pyridine rings is 1. The molecule has 31 heavy (non-hydrogen) atoms. The second-order valence-corrected chi connectivity index (χ2v) is 14.6. The van der Waals surface area contributed by atoms with Gasteiger partial charge in [0.15, 0.2) is 0 Å². The Bertz CT molecular complexity index is 1160. The van der Waals surface area contributed by atoms with E-state index in [0.717, 1.165) is 45.9 Å². The quantitative estimate of drug-likeness (QED) is 0.235. The summed E-state index contributed by atoms with van der Waals surface area (Å²) in [6.07, 6.45) is 7.84. The molecule has 0 fully saturated rings. The molecule has 0 amide bonds. The third-order valence-electron chi connectivity index (χ3n) is 5.24. The molecule has 0 saturated heterocycles. The normalized spacial score (nSPS) is 12.1. The fourth-order valence-electron chi connectivity index (χ4n) is 3.41. The molecule has 0 radical (unpaired) electrons. The van der Waals surface area contributed by atoms with Gasteiger partial charge in [0, 0.05) is 32.5 Å². The van der Waals surface area contributed by atoms with Crippen molar-refractivity contribution in [1.29, 1.82) is 0 Å². The van der Waals surface area contributed by atoms with Gasteiger partial charge in [0.25, 0.3) is 0 Å². The first-order valence-corrected chi connectivity index (χ1v) is 14.4. The lowest BCUT2D eigenvalue weighted by Gasteiger charge is -2.15. The van der Waals surface area contributed by atoms with Gasteiger partial charge in [-0.1, -0.05) is 62.1 Å². The van der Waals surface area contributed by atoms with Crippen molar-refractivity contribution in [2.75, 3.05) is 6.61 Å². The number of hydrogen-bond donors (Lipinski definition) is 0. The Kier molecular flexibility index (Phi) is 6.44. The second kappa shape index (κ2) is 9.41. The molecule has 0 spiro atoms. The topological polar surface area (TPSA) is 39.9 Å². The van der Waals surface area contributed by atoms with Gasteiger partial charge in [0.1, 0.15) is 6.73 Å². The lowest BCUT2D eigenvalue weighted by Crippen LogP contribution is -2.22. The summed E-state index contributed by atoms with van der Waals surface area (Å²) < 4.78 is 8.01. The highest BCUT2D eigenvalue weighted by Gasteiger charge is 2.14. The molecule has 0 N–H and O–H groups in total. The first-order chi connectivity index (χ1) is 15.0. The summed E-state index contributed by atoms with van der Waals surface area (Å²) in [5.41, 5.74) is 5.48. The van der Waals surface area contributed by atoms with Gasteiger partial charge < -0.3 is 4.74 Å². The minimum absolute atomic E-state index is 0.458. The van der Waals surface area contributed by atoms with Crippen LogP contribution in [-0.2, 0) is 11.5 Å². The molecule has 0 aliphatic carbocycles. The maximum Gasteiger partial charge on any atom is 0.140 e. The largest absolute Gasteiger partial charge is 0.360 e. The van der Waals surface area contributed by atoms with Crippen LogP contribution in [-0.4, -0.2) is 29.4 Å². The lowest BCUT2D eigenvalue weighted by molar-refractivity contribution is 0.0816. The molecule has 2 heterocycles. The monoisotopic (exact) mass is 427 g/mol. The zero-order valence-corrected chi connectivity index (χ0v) is 19.5. The SMILES string of the molecule is C[Si](C)(C)CCOCn1nc(/C=C/c2ccccc2)c2ccc(-c3ccncc3)cc21. The van der Waals surface area contributed by atoms with Crippen LogP contribution in [0.15, 0.2) is 73.1 Å². The minimum atomic E-state index is -1.12. The van der Waals surface area contributed by atoms with Crippen molar-refractivity contribution in [3.05, 3.63) is 84.3 Å². The van der Waals surface area contributed by atoms with Gasteiger partial charge in [-0.25, -0.2) is 4.68 Å². The molecule has 2 aromatic carbocycles. The summed E-state index contributed by atoms with van der Waals surface area (Å²) in [5.74, 6) is 0. The van der Waals surface area contributed by atoms with Crippen molar-refractivity contribution in [1.82, 2.24) is 14.8 Å².